The minimum Gasteiger partial charge on any atom is -0.294 e. The second-order valence-electron chi connectivity index (χ2n) is 14.4. The first-order chi connectivity index (χ1) is 18.6. The second-order valence-corrected chi connectivity index (χ2v) is 15.3. The molecule has 3 aliphatic rings. The smallest absolute Gasteiger partial charge is 0.233 e. The van der Waals surface area contributed by atoms with Gasteiger partial charge in [-0.2, -0.15) is 0 Å². The van der Waals surface area contributed by atoms with E-state index >= 15 is 0 Å². The number of nitrogens with one attached hydrogen (secondary N) is 1. The average molecular weight is 540 g/mol. The molecule has 2 saturated carbocycles. The molecule has 2 unspecified atom stereocenters. The second kappa shape index (κ2) is 10.3. The van der Waals surface area contributed by atoms with Crippen LogP contribution >= 0.6 is 11.9 Å². The van der Waals surface area contributed by atoms with Crippen molar-refractivity contribution in [1.82, 2.24) is 9.97 Å². The van der Waals surface area contributed by atoms with Gasteiger partial charge < -0.3 is 0 Å². The van der Waals surface area contributed by atoms with E-state index in [9.17, 15) is 0 Å². The summed E-state index contributed by atoms with van der Waals surface area (Å²) in [6, 6.07) is 18.1. The van der Waals surface area contributed by atoms with Crippen LogP contribution in [0, 0.1) is 42.4 Å². The first kappa shape index (κ1) is 26.9. The maximum atomic E-state index is 5.04. The zero-order chi connectivity index (χ0) is 27.4. The standard InChI is InChI=1S/C35H45N3S/c1-22-17-35(18-22)20-27(21-35)32-25-11-8-12-29(15-25)39-38-33-36-28(14-13-26(32)19-34(4,5)6)16-30(37-33)31-23(2)9-7-10-24(31)3/h7-12,15-16,22,26-27,32H,13-14,17-21H2,1-6H3,(H,36,37,38). The van der Waals surface area contributed by atoms with Crippen LogP contribution in [0.25, 0.3) is 11.3 Å². The molecular weight excluding hydrogens is 494 g/mol. The normalized spacial score (nSPS) is 28.5. The maximum Gasteiger partial charge on any atom is 0.233 e. The Balaban J connectivity index is 1.38. The Morgan fingerprint density at radius 2 is 1.67 bits per heavy atom. The zero-order valence-corrected chi connectivity index (χ0v) is 25.5. The fourth-order valence-electron chi connectivity index (χ4n) is 8.42. The minimum absolute atomic E-state index is 0.292. The lowest BCUT2D eigenvalue weighted by Gasteiger charge is -2.60. The molecule has 2 aromatic carbocycles. The van der Waals surface area contributed by atoms with Gasteiger partial charge in [0.1, 0.15) is 0 Å². The van der Waals surface area contributed by atoms with Crippen molar-refractivity contribution in [3.8, 4) is 11.3 Å². The lowest BCUT2D eigenvalue weighted by Crippen LogP contribution is -2.49. The molecule has 2 atom stereocenters. The summed E-state index contributed by atoms with van der Waals surface area (Å²) in [5.74, 6) is 3.69. The average Bonchev–Trinajstić information content (AvgIpc) is 2.82. The molecule has 3 nitrogen and oxygen atoms in total. The van der Waals surface area contributed by atoms with Crippen molar-refractivity contribution < 1.29 is 0 Å². The molecule has 4 heteroatoms. The summed E-state index contributed by atoms with van der Waals surface area (Å²) in [7, 11) is 0. The van der Waals surface area contributed by atoms with Crippen molar-refractivity contribution in [3.05, 3.63) is 70.9 Å². The highest BCUT2D eigenvalue weighted by atomic mass is 32.2. The summed E-state index contributed by atoms with van der Waals surface area (Å²) in [6.45, 7) is 14.1. The van der Waals surface area contributed by atoms with Crippen molar-refractivity contribution in [2.75, 3.05) is 4.72 Å². The van der Waals surface area contributed by atoms with Crippen LogP contribution in [0.3, 0.4) is 0 Å². The van der Waals surface area contributed by atoms with Gasteiger partial charge in [0.05, 0.1) is 5.69 Å². The highest BCUT2D eigenvalue weighted by molar-refractivity contribution is 8.00. The summed E-state index contributed by atoms with van der Waals surface area (Å²) >= 11 is 1.65. The molecule has 206 valence electrons. The number of benzene rings is 2. The largest absolute Gasteiger partial charge is 0.294 e. The van der Waals surface area contributed by atoms with E-state index in [0.717, 1.165) is 29.6 Å². The van der Waals surface area contributed by atoms with Gasteiger partial charge in [0, 0.05) is 16.2 Å². The Morgan fingerprint density at radius 3 is 2.36 bits per heavy atom. The van der Waals surface area contributed by atoms with Crippen molar-refractivity contribution in [3.63, 3.8) is 0 Å². The van der Waals surface area contributed by atoms with Gasteiger partial charge >= 0.3 is 0 Å². The maximum absolute atomic E-state index is 5.04. The molecule has 1 aliphatic heterocycles. The highest BCUT2D eigenvalue weighted by Crippen LogP contribution is 2.65. The van der Waals surface area contributed by atoms with Crippen LogP contribution in [-0.4, -0.2) is 9.97 Å². The number of fused-ring (bicyclic) bond motifs is 4. The van der Waals surface area contributed by atoms with E-state index in [4.69, 9.17) is 9.97 Å². The Bertz CT molecular complexity index is 1320. The SMILES string of the molecule is Cc1cccc(C)c1-c1cc2nc(n1)NSc1cccc(c1)C(C1CC3(CC(C)C3)C1)C(CC(C)(C)C)CC2. The predicted molar refractivity (Wildman–Crippen MR) is 165 cm³/mol. The summed E-state index contributed by atoms with van der Waals surface area (Å²) < 4.78 is 3.51. The van der Waals surface area contributed by atoms with Gasteiger partial charge in [-0.25, -0.2) is 9.97 Å². The van der Waals surface area contributed by atoms with Gasteiger partial charge in [0.15, 0.2) is 0 Å². The molecule has 2 fully saturated rings. The Kier molecular flexibility index (Phi) is 7.06. The minimum atomic E-state index is 0.292. The highest BCUT2D eigenvalue weighted by Gasteiger charge is 2.54. The summed E-state index contributed by atoms with van der Waals surface area (Å²) in [6.07, 6.45) is 9.15. The van der Waals surface area contributed by atoms with E-state index < -0.39 is 0 Å². The third-order valence-corrected chi connectivity index (χ3v) is 10.4. The van der Waals surface area contributed by atoms with Crippen LogP contribution in [0.4, 0.5) is 5.95 Å². The molecule has 0 saturated heterocycles. The van der Waals surface area contributed by atoms with E-state index in [-0.39, 0.29) is 0 Å². The first-order valence-electron chi connectivity index (χ1n) is 15.0. The number of aromatic nitrogens is 2. The molecule has 1 aromatic heterocycles. The zero-order valence-electron chi connectivity index (χ0n) is 24.7. The molecular formula is C35H45N3S. The molecule has 2 aliphatic carbocycles. The van der Waals surface area contributed by atoms with Gasteiger partial charge in [-0.15, -0.1) is 0 Å². The van der Waals surface area contributed by atoms with E-state index in [1.54, 1.807) is 17.5 Å². The molecule has 4 bridgehead atoms. The number of anilines is 1. The van der Waals surface area contributed by atoms with Crippen molar-refractivity contribution in [2.24, 2.45) is 28.6 Å². The van der Waals surface area contributed by atoms with Crippen molar-refractivity contribution in [1.29, 1.82) is 0 Å². The van der Waals surface area contributed by atoms with Crippen LogP contribution in [0.15, 0.2) is 53.4 Å². The quantitative estimate of drug-likeness (QED) is 0.336. The molecule has 0 amide bonds. The molecule has 2 heterocycles. The molecule has 39 heavy (non-hydrogen) atoms. The lowest BCUT2D eigenvalue weighted by molar-refractivity contribution is -0.0792. The van der Waals surface area contributed by atoms with Crippen LogP contribution in [0.1, 0.15) is 94.5 Å². The van der Waals surface area contributed by atoms with Gasteiger partial charge in [-0.3, -0.25) is 4.72 Å². The molecule has 6 rings (SSSR count). The van der Waals surface area contributed by atoms with Crippen LogP contribution in [-0.2, 0) is 6.42 Å². The Labute approximate surface area is 240 Å². The number of aryl methyl sites for hydroxylation is 3. The van der Waals surface area contributed by atoms with Crippen LogP contribution < -0.4 is 4.72 Å². The van der Waals surface area contributed by atoms with Crippen LogP contribution in [0.5, 0.6) is 0 Å². The topological polar surface area (TPSA) is 37.8 Å². The third kappa shape index (κ3) is 5.64. The van der Waals surface area contributed by atoms with Crippen LogP contribution in [0.2, 0.25) is 0 Å². The van der Waals surface area contributed by atoms with E-state index in [1.807, 2.05) is 0 Å². The Morgan fingerprint density at radius 1 is 0.949 bits per heavy atom. The number of rotatable bonds is 3. The summed E-state index contributed by atoms with van der Waals surface area (Å²) in [4.78, 5) is 11.3. The third-order valence-electron chi connectivity index (χ3n) is 9.63. The van der Waals surface area contributed by atoms with E-state index in [1.165, 1.54) is 60.1 Å². The lowest BCUT2D eigenvalue weighted by atomic mass is 9.45. The van der Waals surface area contributed by atoms with E-state index in [2.05, 4.69) is 94.8 Å². The molecule has 0 radical (unpaired) electrons. The van der Waals surface area contributed by atoms with E-state index in [0.29, 0.717) is 28.6 Å². The van der Waals surface area contributed by atoms with Gasteiger partial charge in [-0.1, -0.05) is 58.0 Å². The Hall–Kier alpha value is -2.33. The fourth-order valence-corrected chi connectivity index (χ4v) is 9.07. The van der Waals surface area contributed by atoms with Crippen molar-refractivity contribution >= 4 is 17.9 Å². The molecule has 1 spiro atoms. The molecule has 3 aromatic rings. The van der Waals surface area contributed by atoms with Crippen molar-refractivity contribution in [2.45, 2.75) is 97.3 Å². The van der Waals surface area contributed by atoms with Gasteiger partial charge in [0.25, 0.3) is 0 Å². The predicted octanol–water partition coefficient (Wildman–Crippen LogP) is 9.79. The summed E-state index contributed by atoms with van der Waals surface area (Å²) in [5.41, 5.74) is 8.46. The van der Waals surface area contributed by atoms with Gasteiger partial charge in [-0.05, 0) is 140 Å². The summed E-state index contributed by atoms with van der Waals surface area (Å²) in [5, 5.41) is 0. The molecule has 1 N–H and O–H groups in total. The number of hydrogen-bond acceptors (Lipinski definition) is 4. The van der Waals surface area contributed by atoms with Gasteiger partial charge in [0.2, 0.25) is 5.95 Å². The monoisotopic (exact) mass is 539 g/mol. The first-order valence-corrected chi connectivity index (χ1v) is 15.9. The fraction of sp³-hybridized carbons (Fsp3) is 0.543. The number of nitrogens with zero attached hydrogens (tertiary/aromatic N) is 2. The number of hydrogen-bond donors (Lipinski definition) is 1.